The van der Waals surface area contributed by atoms with Crippen molar-refractivity contribution in [2.45, 2.75) is 6.92 Å². The number of hydrogen-bond acceptors (Lipinski definition) is 5. The lowest BCUT2D eigenvalue weighted by Crippen LogP contribution is -1.99. The van der Waals surface area contributed by atoms with Crippen LogP contribution in [0.4, 0.5) is 5.69 Å². The summed E-state index contributed by atoms with van der Waals surface area (Å²) in [6.07, 6.45) is 3.08. The van der Waals surface area contributed by atoms with Crippen LogP contribution in [0.2, 0.25) is 0 Å². The van der Waals surface area contributed by atoms with Gasteiger partial charge in [-0.15, -0.1) is 0 Å². The maximum Gasteiger partial charge on any atom is 0.270 e. The third-order valence-electron chi connectivity index (χ3n) is 2.62. The van der Waals surface area contributed by atoms with E-state index in [0.29, 0.717) is 16.8 Å². The van der Waals surface area contributed by atoms with Gasteiger partial charge in [-0.05, 0) is 30.7 Å². The van der Waals surface area contributed by atoms with Gasteiger partial charge in [0.25, 0.3) is 5.69 Å². The largest absolute Gasteiger partial charge is 0.294 e. The van der Waals surface area contributed by atoms with Crippen molar-refractivity contribution in [3.05, 3.63) is 64.0 Å². The fourth-order valence-corrected chi connectivity index (χ4v) is 1.70. The summed E-state index contributed by atoms with van der Waals surface area (Å²) in [5.74, 6) is -0.183. The quantitative estimate of drug-likeness (QED) is 0.483. The second-order valence-electron chi connectivity index (χ2n) is 4.08. The standard InChI is InChI=1S/C14H11N3O3/c1-10(18)13(14-6-3-7-15-16-14)9-11-4-2-5-12(8-11)17(19)20/h2-9H,1H3/b13-9-. The molecule has 6 heteroatoms. The molecule has 100 valence electrons. The molecule has 1 aromatic heterocycles. The Labute approximate surface area is 114 Å². The van der Waals surface area contributed by atoms with E-state index < -0.39 is 4.92 Å². The Morgan fingerprint density at radius 1 is 1.30 bits per heavy atom. The molecule has 2 rings (SSSR count). The summed E-state index contributed by atoms with van der Waals surface area (Å²) in [7, 11) is 0. The van der Waals surface area contributed by atoms with Crippen molar-refractivity contribution in [1.29, 1.82) is 0 Å². The molecule has 0 aliphatic heterocycles. The SMILES string of the molecule is CC(=O)/C(=C/c1cccc([N+](=O)[O-])c1)c1cccnn1. The molecular formula is C14H11N3O3. The van der Waals surface area contributed by atoms with Crippen molar-refractivity contribution in [2.24, 2.45) is 0 Å². The van der Waals surface area contributed by atoms with Gasteiger partial charge in [0, 0.05) is 23.9 Å². The highest BCUT2D eigenvalue weighted by atomic mass is 16.6. The van der Waals surface area contributed by atoms with E-state index in [4.69, 9.17) is 0 Å². The molecule has 0 amide bonds. The van der Waals surface area contributed by atoms with Gasteiger partial charge in [0.15, 0.2) is 5.78 Å². The number of allylic oxidation sites excluding steroid dienone is 1. The molecule has 0 fully saturated rings. The van der Waals surface area contributed by atoms with E-state index in [9.17, 15) is 14.9 Å². The average molecular weight is 269 g/mol. The number of ketones is 1. The maximum atomic E-state index is 11.7. The molecular weight excluding hydrogens is 258 g/mol. The Bertz CT molecular complexity index is 681. The lowest BCUT2D eigenvalue weighted by atomic mass is 10.0. The van der Waals surface area contributed by atoms with E-state index in [1.165, 1.54) is 25.3 Å². The van der Waals surface area contributed by atoms with Crippen LogP contribution in [0.15, 0.2) is 42.6 Å². The third kappa shape index (κ3) is 3.11. The predicted octanol–water partition coefficient (Wildman–Crippen LogP) is 2.51. The zero-order valence-electron chi connectivity index (χ0n) is 10.7. The first kappa shape index (κ1) is 13.5. The predicted molar refractivity (Wildman–Crippen MR) is 73.7 cm³/mol. The van der Waals surface area contributed by atoms with Gasteiger partial charge in [0.05, 0.1) is 10.6 Å². The van der Waals surface area contributed by atoms with E-state index in [1.807, 2.05) is 0 Å². The van der Waals surface area contributed by atoms with Crippen molar-refractivity contribution in [3.8, 4) is 0 Å². The van der Waals surface area contributed by atoms with E-state index in [0.717, 1.165) is 0 Å². The number of nitrogens with zero attached hydrogens (tertiary/aromatic N) is 3. The number of aromatic nitrogens is 2. The maximum absolute atomic E-state index is 11.7. The minimum atomic E-state index is -0.479. The van der Waals surface area contributed by atoms with Crippen LogP contribution in [0.3, 0.4) is 0 Å². The molecule has 0 saturated heterocycles. The Kier molecular flexibility index (Phi) is 3.95. The van der Waals surface area contributed by atoms with Gasteiger partial charge >= 0.3 is 0 Å². The molecule has 0 bridgehead atoms. The number of hydrogen-bond donors (Lipinski definition) is 0. The van der Waals surface area contributed by atoms with E-state index >= 15 is 0 Å². The molecule has 0 radical (unpaired) electrons. The van der Waals surface area contributed by atoms with E-state index in [2.05, 4.69) is 10.2 Å². The Balaban J connectivity index is 2.47. The number of benzene rings is 1. The summed E-state index contributed by atoms with van der Waals surface area (Å²) < 4.78 is 0. The number of Topliss-reactive ketones (excluding diaryl/α,β-unsaturated/α-hetero) is 1. The number of nitro benzene ring substituents is 1. The molecule has 0 spiro atoms. The molecule has 6 nitrogen and oxygen atoms in total. The zero-order chi connectivity index (χ0) is 14.5. The third-order valence-corrected chi connectivity index (χ3v) is 2.62. The molecule has 0 N–H and O–H groups in total. The molecule has 20 heavy (non-hydrogen) atoms. The Hall–Kier alpha value is -2.89. The first-order valence-electron chi connectivity index (χ1n) is 5.83. The number of carbonyl (C=O) groups excluding carboxylic acids is 1. The van der Waals surface area contributed by atoms with Crippen molar-refractivity contribution >= 4 is 23.1 Å². The van der Waals surface area contributed by atoms with Gasteiger partial charge in [0.1, 0.15) is 0 Å². The highest BCUT2D eigenvalue weighted by Crippen LogP contribution is 2.20. The van der Waals surface area contributed by atoms with Crippen LogP contribution in [-0.2, 0) is 4.79 Å². The Morgan fingerprint density at radius 2 is 2.10 bits per heavy atom. The molecule has 1 heterocycles. The van der Waals surface area contributed by atoms with Gasteiger partial charge in [0.2, 0.25) is 0 Å². The molecule has 0 saturated carbocycles. The second-order valence-corrected chi connectivity index (χ2v) is 4.08. The summed E-state index contributed by atoms with van der Waals surface area (Å²) in [4.78, 5) is 22.0. The van der Waals surface area contributed by atoms with Crippen molar-refractivity contribution < 1.29 is 9.72 Å². The topological polar surface area (TPSA) is 86.0 Å². The van der Waals surface area contributed by atoms with Crippen LogP contribution < -0.4 is 0 Å². The van der Waals surface area contributed by atoms with Crippen LogP contribution >= 0.6 is 0 Å². The van der Waals surface area contributed by atoms with Crippen molar-refractivity contribution in [2.75, 3.05) is 0 Å². The summed E-state index contributed by atoms with van der Waals surface area (Å²) in [5.41, 5.74) is 1.33. The molecule has 2 aromatic rings. The molecule has 0 atom stereocenters. The Morgan fingerprint density at radius 3 is 2.70 bits per heavy atom. The van der Waals surface area contributed by atoms with Gasteiger partial charge in [-0.25, -0.2) is 0 Å². The highest BCUT2D eigenvalue weighted by Gasteiger charge is 2.10. The summed E-state index contributed by atoms with van der Waals surface area (Å²) in [6, 6.07) is 9.39. The van der Waals surface area contributed by atoms with Crippen LogP contribution in [0, 0.1) is 10.1 Å². The fourth-order valence-electron chi connectivity index (χ4n) is 1.70. The number of nitro groups is 1. The van der Waals surface area contributed by atoms with Gasteiger partial charge in [-0.1, -0.05) is 12.1 Å². The van der Waals surface area contributed by atoms with Crippen LogP contribution in [0.1, 0.15) is 18.2 Å². The molecule has 0 aliphatic carbocycles. The minimum Gasteiger partial charge on any atom is -0.294 e. The van der Waals surface area contributed by atoms with E-state index in [1.54, 1.807) is 30.3 Å². The summed E-state index contributed by atoms with van der Waals surface area (Å²) in [6.45, 7) is 1.41. The zero-order valence-corrected chi connectivity index (χ0v) is 10.7. The number of rotatable bonds is 4. The normalized spacial score (nSPS) is 11.2. The van der Waals surface area contributed by atoms with Crippen molar-refractivity contribution in [3.63, 3.8) is 0 Å². The first-order valence-corrected chi connectivity index (χ1v) is 5.83. The average Bonchev–Trinajstić information content (AvgIpc) is 2.45. The van der Waals surface area contributed by atoms with Crippen LogP contribution in [-0.4, -0.2) is 20.9 Å². The van der Waals surface area contributed by atoms with Crippen LogP contribution in [0.5, 0.6) is 0 Å². The van der Waals surface area contributed by atoms with Crippen molar-refractivity contribution in [1.82, 2.24) is 10.2 Å². The number of carbonyl (C=O) groups is 1. The van der Waals surface area contributed by atoms with Gasteiger partial charge in [-0.2, -0.15) is 10.2 Å². The lowest BCUT2D eigenvalue weighted by molar-refractivity contribution is -0.384. The van der Waals surface area contributed by atoms with E-state index in [-0.39, 0.29) is 11.5 Å². The molecule has 1 aromatic carbocycles. The van der Waals surface area contributed by atoms with Gasteiger partial charge in [-0.3, -0.25) is 14.9 Å². The molecule has 0 aliphatic rings. The minimum absolute atomic E-state index is 0.0270. The fraction of sp³-hybridized carbons (Fsp3) is 0.0714. The summed E-state index contributed by atoms with van der Waals surface area (Å²) >= 11 is 0. The summed E-state index contributed by atoms with van der Waals surface area (Å²) in [5, 5.41) is 18.3. The van der Waals surface area contributed by atoms with Crippen LogP contribution in [0.25, 0.3) is 11.6 Å². The van der Waals surface area contributed by atoms with Gasteiger partial charge < -0.3 is 0 Å². The highest BCUT2D eigenvalue weighted by molar-refractivity contribution is 6.23. The monoisotopic (exact) mass is 269 g/mol. The molecule has 0 unspecified atom stereocenters. The first-order chi connectivity index (χ1) is 9.58. The second kappa shape index (κ2) is 5.83. The smallest absolute Gasteiger partial charge is 0.270 e. The number of non-ortho nitro benzene ring substituents is 1. The lowest BCUT2D eigenvalue weighted by Gasteiger charge is -2.02.